The van der Waals surface area contributed by atoms with E-state index in [4.69, 9.17) is 5.11 Å². The van der Waals surface area contributed by atoms with Gasteiger partial charge in [-0.05, 0) is 18.4 Å². The Hall–Kier alpha value is -1.63. The summed E-state index contributed by atoms with van der Waals surface area (Å²) in [5.41, 5.74) is -0.951. The fourth-order valence-electron chi connectivity index (χ4n) is 1.33. The van der Waals surface area contributed by atoms with E-state index in [1.165, 1.54) is 11.8 Å². The first-order chi connectivity index (χ1) is 8.86. The van der Waals surface area contributed by atoms with Gasteiger partial charge in [-0.1, -0.05) is 6.92 Å². The van der Waals surface area contributed by atoms with Gasteiger partial charge in [0.05, 0.1) is 11.1 Å². The second-order valence-corrected chi connectivity index (χ2v) is 5.15. The fraction of sp³-hybridized carbons (Fsp3) is 0.333. The van der Waals surface area contributed by atoms with E-state index in [0.29, 0.717) is 18.7 Å². The van der Waals surface area contributed by atoms with Crippen molar-refractivity contribution < 1.29 is 23.5 Å². The van der Waals surface area contributed by atoms with Crippen LogP contribution < -0.4 is 5.32 Å². The van der Waals surface area contributed by atoms with Gasteiger partial charge in [-0.15, -0.1) is 0 Å². The van der Waals surface area contributed by atoms with Crippen molar-refractivity contribution in [3.63, 3.8) is 0 Å². The zero-order valence-electron chi connectivity index (χ0n) is 10.4. The number of nitrogens with one attached hydrogen (secondary N) is 1. The maximum absolute atomic E-state index is 13.1. The molecule has 0 radical (unpaired) electrons. The second-order valence-electron chi connectivity index (χ2n) is 3.87. The van der Waals surface area contributed by atoms with Gasteiger partial charge in [0.15, 0.2) is 11.6 Å². The molecule has 0 bridgehead atoms. The second kappa shape index (κ2) is 6.51. The number of carboxylic acids is 1. The van der Waals surface area contributed by atoms with Crippen molar-refractivity contribution >= 4 is 23.6 Å². The van der Waals surface area contributed by atoms with Gasteiger partial charge in [0.2, 0.25) is 0 Å². The highest BCUT2D eigenvalue weighted by Gasteiger charge is 2.20. The van der Waals surface area contributed by atoms with Crippen LogP contribution >= 0.6 is 11.8 Å². The van der Waals surface area contributed by atoms with Gasteiger partial charge in [0.25, 0.3) is 5.91 Å². The van der Waals surface area contributed by atoms with Crippen molar-refractivity contribution in [2.24, 2.45) is 0 Å². The van der Waals surface area contributed by atoms with Crippen LogP contribution in [0.4, 0.5) is 8.78 Å². The van der Waals surface area contributed by atoms with Gasteiger partial charge < -0.3 is 10.4 Å². The summed E-state index contributed by atoms with van der Waals surface area (Å²) in [4.78, 5) is 22.7. The molecule has 1 aromatic carbocycles. The smallest absolute Gasteiger partial charge is 0.336 e. The van der Waals surface area contributed by atoms with Crippen LogP contribution in [0.2, 0.25) is 0 Å². The van der Waals surface area contributed by atoms with Crippen molar-refractivity contribution in [2.75, 3.05) is 12.8 Å². The monoisotopic (exact) mass is 289 g/mol. The molecule has 0 aromatic heterocycles. The molecule has 0 spiro atoms. The van der Waals surface area contributed by atoms with E-state index in [-0.39, 0.29) is 10.8 Å². The van der Waals surface area contributed by atoms with Crippen LogP contribution in [0.15, 0.2) is 12.1 Å². The van der Waals surface area contributed by atoms with Crippen LogP contribution in [-0.4, -0.2) is 35.0 Å². The van der Waals surface area contributed by atoms with E-state index in [0.717, 1.165) is 0 Å². The lowest BCUT2D eigenvalue weighted by molar-refractivity contribution is 0.0690. The fourth-order valence-corrected chi connectivity index (χ4v) is 1.58. The number of hydrogen-bond acceptors (Lipinski definition) is 3. The van der Waals surface area contributed by atoms with Crippen molar-refractivity contribution in [3.05, 3.63) is 34.9 Å². The lowest BCUT2D eigenvalue weighted by atomic mass is 10.1. The molecule has 0 aliphatic carbocycles. The highest BCUT2D eigenvalue weighted by atomic mass is 32.2. The molecular weight excluding hydrogens is 276 g/mol. The van der Waals surface area contributed by atoms with Crippen LogP contribution in [0.5, 0.6) is 0 Å². The summed E-state index contributed by atoms with van der Waals surface area (Å²) in [7, 11) is 0. The summed E-state index contributed by atoms with van der Waals surface area (Å²) in [6, 6.07) is 1.10. The van der Waals surface area contributed by atoms with Crippen LogP contribution in [-0.2, 0) is 0 Å². The number of carboxylic acid groups (broad SMARTS) is 1. The van der Waals surface area contributed by atoms with E-state index < -0.39 is 29.1 Å². The van der Waals surface area contributed by atoms with E-state index in [9.17, 15) is 18.4 Å². The van der Waals surface area contributed by atoms with Crippen LogP contribution in [0, 0.1) is 11.6 Å². The van der Waals surface area contributed by atoms with Gasteiger partial charge in [0.1, 0.15) is 0 Å². The third-order valence-corrected chi connectivity index (χ3v) is 3.46. The Balaban J connectivity index is 3.01. The third kappa shape index (κ3) is 3.92. The van der Waals surface area contributed by atoms with Gasteiger partial charge in [-0.3, -0.25) is 4.79 Å². The predicted octanol–water partition coefficient (Wildman–Crippen LogP) is 2.14. The lowest BCUT2D eigenvalue weighted by Crippen LogP contribution is -2.30. The Morgan fingerprint density at radius 1 is 1.32 bits per heavy atom. The molecular formula is C12H13F2NO3S. The molecule has 1 atom stereocenters. The Morgan fingerprint density at radius 3 is 2.32 bits per heavy atom. The number of benzene rings is 1. The number of carbonyl (C=O) groups is 2. The lowest BCUT2D eigenvalue weighted by Gasteiger charge is -2.11. The molecule has 0 saturated heterocycles. The molecule has 0 fully saturated rings. The van der Waals surface area contributed by atoms with Gasteiger partial charge >= 0.3 is 5.97 Å². The normalized spacial score (nSPS) is 12.0. The standard InChI is InChI=1S/C12H13F2NO3S/c1-6(19-2)5-15-11(16)7-3-9(13)10(14)4-8(7)12(17)18/h3-4,6H,5H2,1-2H3,(H,15,16)(H,17,18). The average molecular weight is 289 g/mol. The van der Waals surface area contributed by atoms with Crippen LogP contribution in [0.3, 0.4) is 0 Å². The number of aromatic carboxylic acids is 1. The summed E-state index contributed by atoms with van der Waals surface area (Å²) in [6.07, 6.45) is 1.86. The Labute approximate surface area is 113 Å². The molecule has 0 aliphatic rings. The molecule has 104 valence electrons. The molecule has 0 heterocycles. The first kappa shape index (κ1) is 15.4. The number of halogens is 2. The van der Waals surface area contributed by atoms with Gasteiger partial charge in [0, 0.05) is 11.8 Å². The van der Waals surface area contributed by atoms with Crippen LogP contribution in [0.1, 0.15) is 27.6 Å². The number of rotatable bonds is 5. The zero-order valence-corrected chi connectivity index (χ0v) is 11.2. The number of amides is 1. The van der Waals surface area contributed by atoms with E-state index >= 15 is 0 Å². The predicted molar refractivity (Wildman–Crippen MR) is 68.6 cm³/mol. The van der Waals surface area contributed by atoms with E-state index in [1.54, 1.807) is 0 Å². The molecule has 1 unspecified atom stereocenters. The minimum absolute atomic E-state index is 0.127. The summed E-state index contributed by atoms with van der Waals surface area (Å²) in [6.45, 7) is 2.17. The summed E-state index contributed by atoms with van der Waals surface area (Å²) in [5, 5.41) is 11.5. The minimum atomic E-state index is -1.48. The Morgan fingerprint density at radius 2 is 1.84 bits per heavy atom. The van der Waals surface area contributed by atoms with Gasteiger partial charge in [-0.2, -0.15) is 11.8 Å². The highest BCUT2D eigenvalue weighted by molar-refractivity contribution is 7.99. The SMILES string of the molecule is CSC(C)CNC(=O)c1cc(F)c(F)cc1C(=O)O. The quantitative estimate of drug-likeness (QED) is 0.871. The number of carbonyl (C=O) groups excluding carboxylic acids is 1. The first-order valence-electron chi connectivity index (χ1n) is 5.40. The number of hydrogen-bond donors (Lipinski definition) is 2. The van der Waals surface area contributed by atoms with Crippen molar-refractivity contribution in [1.29, 1.82) is 0 Å². The van der Waals surface area contributed by atoms with Crippen LogP contribution in [0.25, 0.3) is 0 Å². The van der Waals surface area contributed by atoms with Crippen molar-refractivity contribution in [3.8, 4) is 0 Å². The highest BCUT2D eigenvalue weighted by Crippen LogP contribution is 2.15. The summed E-state index contributed by atoms with van der Waals surface area (Å²) in [5.74, 6) is -4.78. The van der Waals surface area contributed by atoms with E-state index in [2.05, 4.69) is 5.32 Å². The van der Waals surface area contributed by atoms with Crippen molar-refractivity contribution in [2.45, 2.75) is 12.2 Å². The summed E-state index contributed by atoms with van der Waals surface area (Å²) >= 11 is 1.51. The molecule has 0 saturated carbocycles. The molecule has 19 heavy (non-hydrogen) atoms. The van der Waals surface area contributed by atoms with E-state index in [1.807, 2.05) is 13.2 Å². The average Bonchev–Trinajstić information content (AvgIpc) is 2.37. The molecule has 1 aromatic rings. The minimum Gasteiger partial charge on any atom is -0.478 e. The molecule has 1 rings (SSSR count). The molecule has 2 N–H and O–H groups in total. The number of thioether (sulfide) groups is 1. The first-order valence-corrected chi connectivity index (χ1v) is 6.69. The Bertz CT molecular complexity index is 508. The third-order valence-electron chi connectivity index (χ3n) is 2.49. The molecule has 0 aliphatic heterocycles. The van der Waals surface area contributed by atoms with Gasteiger partial charge in [-0.25, -0.2) is 13.6 Å². The van der Waals surface area contributed by atoms with Crippen molar-refractivity contribution in [1.82, 2.24) is 5.32 Å². The topological polar surface area (TPSA) is 66.4 Å². The maximum atomic E-state index is 13.1. The molecule has 4 nitrogen and oxygen atoms in total. The Kier molecular flexibility index (Phi) is 5.29. The zero-order chi connectivity index (χ0) is 14.6. The molecule has 7 heteroatoms. The summed E-state index contributed by atoms with van der Waals surface area (Å²) < 4.78 is 26.1. The largest absolute Gasteiger partial charge is 0.478 e. The maximum Gasteiger partial charge on any atom is 0.336 e. The molecule has 1 amide bonds.